The third-order valence-electron chi connectivity index (χ3n) is 13.1. The Hall–Kier alpha value is -6.74. The number of carbonyl (C=O) groups excluding carboxylic acids is 4. The van der Waals surface area contributed by atoms with Crippen molar-refractivity contribution >= 4 is 29.6 Å². The monoisotopic (exact) mass is 850 g/mol. The van der Waals surface area contributed by atoms with Gasteiger partial charge in [0.25, 0.3) is 0 Å². The van der Waals surface area contributed by atoms with Gasteiger partial charge in [-0.05, 0) is 58.1 Å². The number of benzene rings is 5. The van der Waals surface area contributed by atoms with Crippen LogP contribution in [0, 0.1) is 5.92 Å². The minimum atomic E-state index is -1.88. The lowest BCUT2D eigenvalue weighted by molar-refractivity contribution is -0.179. The summed E-state index contributed by atoms with van der Waals surface area (Å²) in [5, 5.41) is 10.6. The first kappa shape index (κ1) is 40.3. The molecule has 0 unspecified atom stereocenters. The summed E-state index contributed by atoms with van der Waals surface area (Å²) in [7, 11) is 1.48. The Morgan fingerprint density at radius 2 is 1.43 bits per heavy atom. The molecule has 0 radical (unpaired) electrons. The number of esters is 1. The average Bonchev–Trinajstić information content (AvgIpc) is 3.99. The summed E-state index contributed by atoms with van der Waals surface area (Å²) in [4.78, 5) is 68.4. The molecule has 5 aliphatic heterocycles. The van der Waals surface area contributed by atoms with Crippen molar-refractivity contribution < 1.29 is 48.0 Å². The molecule has 5 heterocycles. The SMILES string of the molecule is COCCOC(=O)N1C(=O)[C@@]2(c3ccccc31)[C@H](C(=O)N1CCN(Cc3ccc4c(c3)OCO4)CC1)[C@H]1C(=O)O[C@H](c3ccccc3)[C@H](c3ccccc3)N1[C@@H]2c1ccc(O)cc1. The molecule has 0 bridgehead atoms. The third kappa shape index (κ3) is 6.76. The first-order valence-electron chi connectivity index (χ1n) is 21.2. The zero-order valence-electron chi connectivity index (χ0n) is 34.6. The average molecular weight is 851 g/mol. The van der Waals surface area contributed by atoms with E-state index < -0.39 is 59.4 Å². The van der Waals surface area contributed by atoms with Crippen molar-refractivity contribution in [1.82, 2.24) is 14.7 Å². The standard InChI is InChI=1S/C49H46N4O10/c1-59-26-27-60-48(58)52-37-15-9-8-14-36(37)49(47(52)57)40(45(55)51-24-22-50(23-25-51)29-31-16-21-38-39(28-31)62-30-61-38)42-46(56)63-43(33-12-6-3-7-13-33)41(32-10-4-2-5-11-32)53(42)44(49)34-17-19-35(54)20-18-34/h2-21,28,40-44,54H,22-27,29-30H2,1H3/t40-,41-,42-,43+,44+,49-/m0/s1. The van der Waals surface area contributed by atoms with Crippen LogP contribution in [0.25, 0.3) is 0 Å². The highest BCUT2D eigenvalue weighted by Crippen LogP contribution is 2.66. The highest BCUT2D eigenvalue weighted by atomic mass is 16.7. The maximum atomic E-state index is 16.1. The molecule has 3 amide bonds. The highest BCUT2D eigenvalue weighted by Gasteiger charge is 2.76. The second-order valence-electron chi connectivity index (χ2n) is 16.4. The summed E-state index contributed by atoms with van der Waals surface area (Å²) in [6.45, 7) is 2.44. The van der Waals surface area contributed by atoms with E-state index in [-0.39, 0.29) is 31.4 Å². The fraction of sp³-hybridized carbons (Fsp3) is 0.306. The molecule has 63 heavy (non-hydrogen) atoms. The summed E-state index contributed by atoms with van der Waals surface area (Å²) in [6.07, 6.45) is -1.78. The number of carbonyl (C=O) groups is 4. The number of phenolic OH excluding ortho intramolecular Hbond substituents is 1. The minimum absolute atomic E-state index is 0.00471. The van der Waals surface area contributed by atoms with Crippen molar-refractivity contribution in [2.24, 2.45) is 5.92 Å². The van der Waals surface area contributed by atoms with Gasteiger partial charge in [0.1, 0.15) is 29.9 Å². The van der Waals surface area contributed by atoms with Crippen LogP contribution in [-0.4, -0.2) is 103 Å². The van der Waals surface area contributed by atoms with Gasteiger partial charge in [-0.15, -0.1) is 0 Å². The number of nitrogens with zero attached hydrogens (tertiary/aromatic N) is 4. The summed E-state index contributed by atoms with van der Waals surface area (Å²) in [6, 6.07) is 35.3. The van der Waals surface area contributed by atoms with Gasteiger partial charge in [-0.3, -0.25) is 24.2 Å². The molecule has 0 aromatic heterocycles. The smallest absolute Gasteiger partial charge is 0.421 e. The van der Waals surface area contributed by atoms with Crippen molar-refractivity contribution in [1.29, 1.82) is 0 Å². The van der Waals surface area contributed by atoms with E-state index in [4.69, 9.17) is 23.7 Å². The normalized spacial score (nSPS) is 25.2. The number of cyclic esters (lactones) is 1. The molecule has 5 aliphatic rings. The lowest BCUT2D eigenvalue weighted by atomic mass is 9.65. The largest absolute Gasteiger partial charge is 0.508 e. The van der Waals surface area contributed by atoms with Crippen LogP contribution in [-0.2, 0) is 40.6 Å². The molecule has 14 heteroatoms. The summed E-state index contributed by atoms with van der Waals surface area (Å²) < 4.78 is 28.5. The van der Waals surface area contributed by atoms with Gasteiger partial charge in [0.15, 0.2) is 11.5 Å². The van der Waals surface area contributed by atoms with Gasteiger partial charge >= 0.3 is 12.1 Å². The minimum Gasteiger partial charge on any atom is -0.508 e. The lowest BCUT2D eigenvalue weighted by Crippen LogP contribution is -2.59. The van der Waals surface area contributed by atoms with E-state index in [0.717, 1.165) is 21.6 Å². The van der Waals surface area contributed by atoms with Gasteiger partial charge in [-0.25, -0.2) is 9.69 Å². The van der Waals surface area contributed by atoms with Gasteiger partial charge in [-0.2, -0.15) is 0 Å². The molecule has 322 valence electrons. The number of amides is 3. The van der Waals surface area contributed by atoms with Gasteiger partial charge in [0.05, 0.1) is 30.3 Å². The molecule has 10 rings (SSSR count). The number of fused-ring (bicyclic) bond motifs is 4. The van der Waals surface area contributed by atoms with Crippen LogP contribution in [0.3, 0.4) is 0 Å². The fourth-order valence-electron chi connectivity index (χ4n) is 10.4. The van der Waals surface area contributed by atoms with Crippen molar-refractivity contribution in [2.45, 2.75) is 36.2 Å². The van der Waals surface area contributed by atoms with Gasteiger partial charge in [-0.1, -0.05) is 97.1 Å². The molecule has 0 aliphatic carbocycles. The maximum Gasteiger partial charge on any atom is 0.421 e. The van der Waals surface area contributed by atoms with E-state index >= 15 is 14.4 Å². The van der Waals surface area contributed by atoms with Crippen molar-refractivity contribution in [2.75, 3.05) is 58.2 Å². The van der Waals surface area contributed by atoms with E-state index in [2.05, 4.69) is 4.90 Å². The number of anilines is 1. The van der Waals surface area contributed by atoms with Crippen molar-refractivity contribution in [3.05, 3.63) is 155 Å². The first-order valence-corrected chi connectivity index (χ1v) is 21.2. The third-order valence-corrected chi connectivity index (χ3v) is 13.1. The highest BCUT2D eigenvalue weighted by molar-refractivity contribution is 6.23. The van der Waals surface area contributed by atoms with Crippen LogP contribution in [0.4, 0.5) is 10.5 Å². The Labute approximate surface area is 364 Å². The zero-order valence-corrected chi connectivity index (χ0v) is 34.6. The predicted octanol–water partition coefficient (Wildman–Crippen LogP) is 5.91. The lowest BCUT2D eigenvalue weighted by Gasteiger charge is -2.46. The van der Waals surface area contributed by atoms with Gasteiger partial charge < -0.3 is 33.7 Å². The fourth-order valence-corrected chi connectivity index (χ4v) is 10.4. The maximum absolute atomic E-state index is 16.1. The number of methoxy groups -OCH3 is 1. The van der Waals surface area contributed by atoms with Crippen LogP contribution in [0.15, 0.2) is 127 Å². The number of ether oxygens (including phenoxy) is 5. The molecule has 1 spiro atoms. The number of phenols is 1. The molecule has 0 saturated carbocycles. The molecular formula is C49H46N4O10. The van der Waals surface area contributed by atoms with E-state index in [0.29, 0.717) is 55.3 Å². The molecule has 1 N–H and O–H groups in total. The number of aromatic hydroxyl groups is 1. The molecule has 5 aromatic carbocycles. The number of imide groups is 1. The van der Waals surface area contributed by atoms with Gasteiger partial charge in [0.2, 0.25) is 18.6 Å². The molecule has 6 atom stereocenters. The molecule has 5 aromatic rings. The summed E-state index contributed by atoms with van der Waals surface area (Å²) in [5.41, 5.74) is 1.90. The number of hydrogen-bond acceptors (Lipinski definition) is 12. The second kappa shape index (κ2) is 16.5. The quantitative estimate of drug-likeness (QED) is 0.139. The van der Waals surface area contributed by atoms with Gasteiger partial charge in [0, 0.05) is 39.8 Å². The van der Waals surface area contributed by atoms with Crippen molar-refractivity contribution in [3.8, 4) is 17.2 Å². The number of piperazine rings is 1. The predicted molar refractivity (Wildman–Crippen MR) is 228 cm³/mol. The van der Waals surface area contributed by atoms with E-state index in [1.54, 1.807) is 41.3 Å². The van der Waals surface area contributed by atoms with Crippen LogP contribution < -0.4 is 14.4 Å². The molecular weight excluding hydrogens is 805 g/mol. The Morgan fingerprint density at radius 1 is 0.746 bits per heavy atom. The summed E-state index contributed by atoms with van der Waals surface area (Å²) in [5.74, 6) is -1.75. The first-order chi connectivity index (χ1) is 30.8. The summed E-state index contributed by atoms with van der Waals surface area (Å²) >= 11 is 0. The number of hydrogen-bond donors (Lipinski definition) is 1. The number of rotatable bonds is 9. The van der Waals surface area contributed by atoms with Crippen LogP contribution >= 0.6 is 0 Å². The van der Waals surface area contributed by atoms with Crippen LogP contribution in [0.5, 0.6) is 17.2 Å². The van der Waals surface area contributed by atoms with Crippen LogP contribution in [0.2, 0.25) is 0 Å². The zero-order chi connectivity index (χ0) is 43.2. The Morgan fingerprint density at radius 3 is 2.16 bits per heavy atom. The Balaban J connectivity index is 1.13. The Bertz CT molecular complexity index is 2530. The van der Waals surface area contributed by atoms with Crippen LogP contribution in [0.1, 0.15) is 46.0 Å². The van der Waals surface area contributed by atoms with E-state index in [1.807, 2.05) is 83.8 Å². The molecule has 3 saturated heterocycles. The topological polar surface area (TPSA) is 148 Å². The van der Waals surface area contributed by atoms with Crippen molar-refractivity contribution in [3.63, 3.8) is 0 Å². The number of morpholine rings is 1. The molecule has 14 nitrogen and oxygen atoms in total. The molecule has 3 fully saturated rings. The van der Waals surface area contributed by atoms with E-state index in [1.165, 1.54) is 19.2 Å². The van der Waals surface area contributed by atoms with E-state index in [9.17, 15) is 9.90 Å². The number of para-hydroxylation sites is 1. The Kier molecular flexibility index (Phi) is 10.6. The second-order valence-corrected chi connectivity index (χ2v) is 16.4.